The van der Waals surface area contributed by atoms with Crippen molar-refractivity contribution in [2.75, 3.05) is 23.8 Å². The number of hydrogen-bond acceptors (Lipinski definition) is 5. The molecule has 27 heavy (non-hydrogen) atoms. The van der Waals surface area contributed by atoms with E-state index in [1.54, 1.807) is 48.5 Å². The highest BCUT2D eigenvalue weighted by Crippen LogP contribution is 2.11. The van der Waals surface area contributed by atoms with E-state index in [2.05, 4.69) is 10.6 Å². The summed E-state index contributed by atoms with van der Waals surface area (Å²) in [6, 6.07) is 12.9. The van der Waals surface area contributed by atoms with Crippen LogP contribution in [0.5, 0.6) is 0 Å². The van der Waals surface area contributed by atoms with Crippen molar-refractivity contribution in [2.24, 2.45) is 0 Å². The van der Waals surface area contributed by atoms with Crippen molar-refractivity contribution >= 4 is 34.8 Å². The van der Waals surface area contributed by atoms with Crippen molar-refractivity contribution in [3.05, 3.63) is 59.7 Å². The lowest BCUT2D eigenvalue weighted by Gasteiger charge is -2.08. The van der Waals surface area contributed by atoms with Crippen LogP contribution in [0.15, 0.2) is 48.5 Å². The quantitative estimate of drug-likeness (QED) is 0.698. The van der Waals surface area contributed by atoms with Crippen molar-refractivity contribution in [1.29, 1.82) is 0 Å². The van der Waals surface area contributed by atoms with Crippen LogP contribution < -0.4 is 10.6 Å². The molecule has 0 aliphatic rings. The van der Waals surface area contributed by atoms with Crippen LogP contribution in [0.1, 0.15) is 34.6 Å². The van der Waals surface area contributed by atoms with Gasteiger partial charge in [0.1, 0.15) is 13.2 Å². The third-order valence-corrected chi connectivity index (χ3v) is 3.62. The molecule has 2 aromatic carbocycles. The Morgan fingerprint density at radius 2 is 1.00 bits per heavy atom. The van der Waals surface area contributed by atoms with Crippen molar-refractivity contribution in [3.63, 3.8) is 0 Å². The van der Waals surface area contributed by atoms with Gasteiger partial charge in [-0.2, -0.15) is 0 Å². The predicted octanol–water partition coefficient (Wildman–Crippen LogP) is 2.69. The minimum absolute atomic E-state index is 0.0573. The number of Topliss-reactive ketones (excluding diaryl/α,β-unsaturated/α-hetero) is 2. The fraction of sp³-hybridized carbons (Fsp3) is 0.200. The lowest BCUT2D eigenvalue weighted by molar-refractivity contribution is -0.125. The SMILES string of the molecule is CC(=O)c1ccc(NC(=O)COCC(=O)Nc2ccc(C(C)=O)cc2)cc1. The highest BCUT2D eigenvalue weighted by Gasteiger charge is 2.07. The van der Waals surface area contributed by atoms with Crippen LogP contribution in [-0.2, 0) is 14.3 Å². The average molecular weight is 368 g/mol. The number of amides is 2. The number of hydrogen-bond donors (Lipinski definition) is 2. The molecule has 2 aromatic rings. The lowest BCUT2D eigenvalue weighted by Crippen LogP contribution is -2.24. The fourth-order valence-electron chi connectivity index (χ4n) is 2.21. The summed E-state index contributed by atoms with van der Waals surface area (Å²) in [5.41, 5.74) is 2.17. The Morgan fingerprint density at radius 3 is 1.30 bits per heavy atom. The minimum Gasteiger partial charge on any atom is -0.362 e. The standard InChI is InChI=1S/C20H20N2O5/c1-13(23)15-3-7-17(8-4-15)21-19(25)11-27-12-20(26)22-18-9-5-16(6-10-18)14(2)24/h3-10H,11-12H2,1-2H3,(H,21,25)(H,22,26). The first-order chi connectivity index (χ1) is 12.8. The summed E-state index contributed by atoms with van der Waals surface area (Å²) in [6.07, 6.45) is 0. The Balaban J connectivity index is 1.73. The predicted molar refractivity (Wildman–Crippen MR) is 101 cm³/mol. The Morgan fingerprint density at radius 1 is 0.667 bits per heavy atom. The number of rotatable bonds is 8. The van der Waals surface area contributed by atoms with E-state index in [0.717, 1.165) is 0 Å². The van der Waals surface area contributed by atoms with E-state index < -0.39 is 11.8 Å². The van der Waals surface area contributed by atoms with Crippen molar-refractivity contribution in [1.82, 2.24) is 0 Å². The molecule has 0 unspecified atom stereocenters. The molecule has 7 nitrogen and oxygen atoms in total. The van der Waals surface area contributed by atoms with Crippen molar-refractivity contribution in [3.8, 4) is 0 Å². The van der Waals surface area contributed by atoms with Gasteiger partial charge in [0, 0.05) is 22.5 Å². The number of carbonyl (C=O) groups excluding carboxylic acids is 4. The normalized spacial score (nSPS) is 10.1. The number of nitrogens with one attached hydrogen (secondary N) is 2. The second-order valence-corrected chi connectivity index (χ2v) is 5.86. The van der Waals surface area contributed by atoms with E-state index in [0.29, 0.717) is 22.5 Å². The van der Waals surface area contributed by atoms with Gasteiger partial charge < -0.3 is 15.4 Å². The Hall–Kier alpha value is -3.32. The van der Waals surface area contributed by atoms with Crippen LogP contribution in [0, 0.1) is 0 Å². The number of carbonyl (C=O) groups is 4. The van der Waals surface area contributed by atoms with Crippen LogP contribution in [0.2, 0.25) is 0 Å². The second-order valence-electron chi connectivity index (χ2n) is 5.86. The zero-order valence-corrected chi connectivity index (χ0v) is 15.1. The first-order valence-electron chi connectivity index (χ1n) is 8.24. The highest BCUT2D eigenvalue weighted by molar-refractivity contribution is 5.97. The molecule has 0 bridgehead atoms. The Labute approximate surface area is 156 Å². The molecule has 0 atom stereocenters. The molecule has 140 valence electrons. The monoisotopic (exact) mass is 368 g/mol. The van der Waals surface area contributed by atoms with Crippen molar-refractivity contribution in [2.45, 2.75) is 13.8 Å². The molecule has 0 radical (unpaired) electrons. The molecule has 0 aliphatic heterocycles. The topological polar surface area (TPSA) is 102 Å². The summed E-state index contributed by atoms with van der Waals surface area (Å²) in [5, 5.41) is 5.22. The van der Waals surface area contributed by atoms with Gasteiger partial charge in [-0.1, -0.05) is 0 Å². The van der Waals surface area contributed by atoms with Gasteiger partial charge in [0.05, 0.1) is 0 Å². The van der Waals surface area contributed by atoms with Gasteiger partial charge in [-0.05, 0) is 62.4 Å². The van der Waals surface area contributed by atoms with Gasteiger partial charge in [0.25, 0.3) is 0 Å². The minimum atomic E-state index is -0.413. The molecular weight excluding hydrogens is 348 g/mol. The van der Waals surface area contributed by atoms with Gasteiger partial charge in [0.15, 0.2) is 11.6 Å². The molecule has 7 heteroatoms. The molecule has 2 N–H and O–H groups in total. The van der Waals surface area contributed by atoms with E-state index in [9.17, 15) is 19.2 Å². The third-order valence-electron chi connectivity index (χ3n) is 3.62. The summed E-state index contributed by atoms with van der Waals surface area (Å²) >= 11 is 0. The van der Waals surface area contributed by atoms with Gasteiger partial charge >= 0.3 is 0 Å². The molecule has 0 aromatic heterocycles. The maximum atomic E-state index is 11.8. The van der Waals surface area contributed by atoms with E-state index in [1.165, 1.54) is 13.8 Å². The fourth-order valence-corrected chi connectivity index (χ4v) is 2.21. The maximum Gasteiger partial charge on any atom is 0.250 e. The van der Waals surface area contributed by atoms with Gasteiger partial charge in [-0.25, -0.2) is 0 Å². The van der Waals surface area contributed by atoms with E-state index in [4.69, 9.17) is 4.74 Å². The highest BCUT2D eigenvalue weighted by atomic mass is 16.5. The first kappa shape index (κ1) is 20.0. The zero-order valence-electron chi connectivity index (χ0n) is 15.1. The van der Waals surface area contributed by atoms with E-state index in [-0.39, 0.29) is 24.8 Å². The Bertz CT molecular complexity index is 770. The molecule has 0 saturated heterocycles. The maximum absolute atomic E-state index is 11.8. The number of anilines is 2. The lowest BCUT2D eigenvalue weighted by atomic mass is 10.1. The molecular formula is C20H20N2O5. The van der Waals surface area contributed by atoms with Crippen molar-refractivity contribution < 1.29 is 23.9 Å². The van der Waals surface area contributed by atoms with Gasteiger partial charge in [0.2, 0.25) is 11.8 Å². The van der Waals surface area contributed by atoms with Crippen LogP contribution in [0.4, 0.5) is 11.4 Å². The Kier molecular flexibility index (Phi) is 6.96. The third kappa shape index (κ3) is 6.48. The molecule has 0 heterocycles. The van der Waals surface area contributed by atoms with E-state index >= 15 is 0 Å². The molecule has 2 amide bonds. The number of ether oxygens (including phenoxy) is 1. The average Bonchev–Trinajstić information content (AvgIpc) is 2.62. The van der Waals surface area contributed by atoms with Crippen LogP contribution in [0.3, 0.4) is 0 Å². The van der Waals surface area contributed by atoms with Gasteiger partial charge in [-0.3, -0.25) is 19.2 Å². The molecule has 0 fully saturated rings. The van der Waals surface area contributed by atoms with Crippen LogP contribution in [0.25, 0.3) is 0 Å². The first-order valence-corrected chi connectivity index (χ1v) is 8.24. The molecule has 0 spiro atoms. The molecule has 0 saturated carbocycles. The number of ketones is 2. The molecule has 2 rings (SSSR count). The number of benzene rings is 2. The van der Waals surface area contributed by atoms with E-state index in [1.807, 2.05) is 0 Å². The summed E-state index contributed by atoms with van der Waals surface area (Å²) in [5.74, 6) is -0.940. The summed E-state index contributed by atoms with van der Waals surface area (Å²) in [7, 11) is 0. The largest absolute Gasteiger partial charge is 0.362 e. The smallest absolute Gasteiger partial charge is 0.250 e. The van der Waals surface area contributed by atoms with Gasteiger partial charge in [-0.15, -0.1) is 0 Å². The summed E-state index contributed by atoms with van der Waals surface area (Å²) in [4.78, 5) is 46.0. The zero-order chi connectivity index (χ0) is 19.8. The summed E-state index contributed by atoms with van der Waals surface area (Å²) in [6.45, 7) is 2.35. The second kappa shape index (κ2) is 9.40. The van der Waals surface area contributed by atoms with Crippen LogP contribution in [-0.4, -0.2) is 36.6 Å². The summed E-state index contributed by atoms with van der Waals surface area (Å²) < 4.78 is 5.09. The van der Waals surface area contributed by atoms with Crippen LogP contribution >= 0.6 is 0 Å². The molecule has 0 aliphatic carbocycles.